The lowest BCUT2D eigenvalue weighted by atomic mass is 9.88. The largest absolute Gasteiger partial charge is 0.342 e. The van der Waals surface area contributed by atoms with Crippen LogP contribution in [0.3, 0.4) is 0 Å². The molecule has 2 rings (SSSR count). The van der Waals surface area contributed by atoms with Gasteiger partial charge in [-0.25, -0.2) is 0 Å². The second-order valence-electron chi connectivity index (χ2n) is 6.82. The summed E-state index contributed by atoms with van der Waals surface area (Å²) in [5.41, 5.74) is 5.85. The molecule has 2 atom stereocenters. The summed E-state index contributed by atoms with van der Waals surface area (Å²) in [5.74, 6) is 1.81. The van der Waals surface area contributed by atoms with Crippen molar-refractivity contribution in [1.29, 1.82) is 0 Å². The van der Waals surface area contributed by atoms with E-state index in [1.54, 1.807) is 0 Å². The van der Waals surface area contributed by atoms with Crippen molar-refractivity contribution in [2.45, 2.75) is 64.7 Å². The summed E-state index contributed by atoms with van der Waals surface area (Å²) in [6.07, 6.45) is 11.2. The fourth-order valence-electron chi connectivity index (χ4n) is 4.12. The van der Waals surface area contributed by atoms with Crippen LogP contribution in [-0.4, -0.2) is 30.4 Å². The van der Waals surface area contributed by atoms with Gasteiger partial charge in [0.15, 0.2) is 0 Å². The molecule has 0 heterocycles. The molecule has 3 nitrogen and oxygen atoms in total. The monoisotopic (exact) mass is 280 g/mol. The predicted molar refractivity (Wildman–Crippen MR) is 83.3 cm³/mol. The normalized spacial score (nSPS) is 27.7. The summed E-state index contributed by atoms with van der Waals surface area (Å²) >= 11 is 0. The number of carbonyl (C=O) groups is 1. The van der Waals surface area contributed by atoms with Gasteiger partial charge in [0.1, 0.15) is 0 Å². The van der Waals surface area contributed by atoms with Crippen LogP contribution in [0.15, 0.2) is 0 Å². The van der Waals surface area contributed by atoms with Crippen LogP contribution in [0, 0.1) is 17.8 Å². The van der Waals surface area contributed by atoms with Crippen LogP contribution in [0.2, 0.25) is 0 Å². The van der Waals surface area contributed by atoms with Gasteiger partial charge in [0, 0.05) is 19.0 Å². The van der Waals surface area contributed by atoms with Gasteiger partial charge in [0.25, 0.3) is 0 Å². The molecule has 0 unspecified atom stereocenters. The van der Waals surface area contributed by atoms with Crippen LogP contribution in [0.25, 0.3) is 0 Å². The van der Waals surface area contributed by atoms with Crippen LogP contribution >= 0.6 is 0 Å². The Morgan fingerprint density at radius 3 is 2.50 bits per heavy atom. The highest BCUT2D eigenvalue weighted by molar-refractivity contribution is 5.79. The van der Waals surface area contributed by atoms with Crippen LogP contribution < -0.4 is 5.73 Å². The van der Waals surface area contributed by atoms with Gasteiger partial charge in [-0.3, -0.25) is 4.79 Å². The van der Waals surface area contributed by atoms with Crippen LogP contribution in [-0.2, 0) is 4.79 Å². The molecule has 2 aliphatic carbocycles. The molecule has 0 aromatic carbocycles. The Kier molecular flexibility index (Phi) is 6.34. The zero-order valence-corrected chi connectivity index (χ0v) is 13.2. The second kappa shape index (κ2) is 8.02. The van der Waals surface area contributed by atoms with Gasteiger partial charge in [0.05, 0.1) is 0 Å². The third-order valence-electron chi connectivity index (χ3n) is 5.29. The first-order valence-electron chi connectivity index (χ1n) is 8.75. The predicted octanol–water partition coefficient (Wildman–Crippen LogP) is 3.18. The number of nitrogens with two attached hydrogens (primary N) is 1. The molecule has 2 fully saturated rings. The summed E-state index contributed by atoms with van der Waals surface area (Å²) in [6.45, 7) is 4.79. The van der Waals surface area contributed by atoms with E-state index < -0.39 is 0 Å². The van der Waals surface area contributed by atoms with E-state index in [9.17, 15) is 4.79 Å². The number of amides is 1. The first-order valence-corrected chi connectivity index (χ1v) is 8.75. The highest BCUT2D eigenvalue weighted by atomic mass is 16.2. The van der Waals surface area contributed by atoms with E-state index >= 15 is 0 Å². The second-order valence-corrected chi connectivity index (χ2v) is 6.82. The molecule has 0 radical (unpaired) electrons. The van der Waals surface area contributed by atoms with Crippen molar-refractivity contribution >= 4 is 5.91 Å². The Labute approximate surface area is 124 Å². The highest BCUT2D eigenvalue weighted by Crippen LogP contribution is 2.33. The van der Waals surface area contributed by atoms with Crippen LogP contribution in [0.1, 0.15) is 64.7 Å². The molecule has 0 bridgehead atoms. The minimum Gasteiger partial charge on any atom is -0.342 e. The van der Waals surface area contributed by atoms with E-state index in [0.717, 1.165) is 38.3 Å². The Hall–Kier alpha value is -0.570. The van der Waals surface area contributed by atoms with Gasteiger partial charge in [-0.05, 0) is 50.5 Å². The van der Waals surface area contributed by atoms with Crippen molar-refractivity contribution in [3.05, 3.63) is 0 Å². The number of rotatable bonds is 6. The summed E-state index contributed by atoms with van der Waals surface area (Å²) in [6, 6.07) is 0. The minimum absolute atomic E-state index is 0.218. The molecule has 3 heteroatoms. The zero-order chi connectivity index (χ0) is 14.4. The third kappa shape index (κ3) is 3.97. The highest BCUT2D eigenvalue weighted by Gasteiger charge is 2.35. The SMILES string of the molecule is CCCN(CC1CCCCC1)C(=O)[C@@H]1CCC[C@@H]1CN. The lowest BCUT2D eigenvalue weighted by molar-refractivity contribution is -0.137. The average Bonchev–Trinajstić information content (AvgIpc) is 2.95. The Morgan fingerprint density at radius 1 is 1.10 bits per heavy atom. The van der Waals surface area contributed by atoms with E-state index in [1.165, 1.54) is 38.5 Å². The Morgan fingerprint density at radius 2 is 1.85 bits per heavy atom. The maximum Gasteiger partial charge on any atom is 0.226 e. The quantitative estimate of drug-likeness (QED) is 0.812. The molecule has 2 saturated carbocycles. The van der Waals surface area contributed by atoms with Gasteiger partial charge >= 0.3 is 0 Å². The molecular weight excluding hydrogens is 248 g/mol. The van der Waals surface area contributed by atoms with Gasteiger partial charge in [0.2, 0.25) is 5.91 Å². The van der Waals surface area contributed by atoms with Crippen molar-refractivity contribution in [3.63, 3.8) is 0 Å². The lowest BCUT2D eigenvalue weighted by Crippen LogP contribution is -2.42. The van der Waals surface area contributed by atoms with E-state index in [1.807, 2.05) is 0 Å². The van der Waals surface area contributed by atoms with E-state index in [4.69, 9.17) is 5.73 Å². The van der Waals surface area contributed by atoms with Crippen molar-refractivity contribution in [2.24, 2.45) is 23.5 Å². The Bertz CT molecular complexity index is 299. The molecule has 0 aromatic rings. The summed E-state index contributed by atoms with van der Waals surface area (Å²) < 4.78 is 0. The summed E-state index contributed by atoms with van der Waals surface area (Å²) in [7, 11) is 0. The molecule has 0 saturated heterocycles. The Balaban J connectivity index is 1.93. The van der Waals surface area contributed by atoms with E-state index in [0.29, 0.717) is 18.4 Å². The zero-order valence-electron chi connectivity index (χ0n) is 13.2. The van der Waals surface area contributed by atoms with Crippen LogP contribution in [0.5, 0.6) is 0 Å². The third-order valence-corrected chi connectivity index (χ3v) is 5.29. The molecule has 116 valence electrons. The molecule has 0 spiro atoms. The fourth-order valence-corrected chi connectivity index (χ4v) is 4.12. The number of hydrogen-bond acceptors (Lipinski definition) is 2. The molecule has 0 aliphatic heterocycles. The lowest BCUT2D eigenvalue weighted by Gasteiger charge is -2.32. The maximum absolute atomic E-state index is 12.8. The van der Waals surface area contributed by atoms with Gasteiger partial charge in [-0.15, -0.1) is 0 Å². The summed E-state index contributed by atoms with van der Waals surface area (Å²) in [5, 5.41) is 0. The maximum atomic E-state index is 12.8. The van der Waals surface area contributed by atoms with Gasteiger partial charge in [-0.2, -0.15) is 0 Å². The first kappa shape index (κ1) is 15.8. The molecule has 2 aliphatic rings. The van der Waals surface area contributed by atoms with Crippen molar-refractivity contribution < 1.29 is 4.79 Å². The first-order chi connectivity index (χ1) is 9.76. The van der Waals surface area contributed by atoms with Crippen molar-refractivity contribution in [2.75, 3.05) is 19.6 Å². The average molecular weight is 280 g/mol. The molecule has 1 amide bonds. The van der Waals surface area contributed by atoms with Gasteiger partial charge in [-0.1, -0.05) is 32.6 Å². The molecule has 20 heavy (non-hydrogen) atoms. The minimum atomic E-state index is 0.218. The number of hydrogen-bond donors (Lipinski definition) is 1. The summed E-state index contributed by atoms with van der Waals surface area (Å²) in [4.78, 5) is 15.0. The molecular formula is C17H32N2O. The van der Waals surface area contributed by atoms with Crippen molar-refractivity contribution in [3.8, 4) is 0 Å². The van der Waals surface area contributed by atoms with Crippen molar-refractivity contribution in [1.82, 2.24) is 4.90 Å². The van der Waals surface area contributed by atoms with E-state index in [2.05, 4.69) is 11.8 Å². The smallest absolute Gasteiger partial charge is 0.226 e. The van der Waals surface area contributed by atoms with E-state index in [-0.39, 0.29) is 5.92 Å². The standard InChI is InChI=1S/C17H32N2O/c1-2-11-19(13-14-7-4-3-5-8-14)17(20)16-10-6-9-15(16)12-18/h14-16H,2-13,18H2,1H3/t15-,16-/m1/s1. The van der Waals surface area contributed by atoms with Gasteiger partial charge < -0.3 is 10.6 Å². The topological polar surface area (TPSA) is 46.3 Å². The molecule has 0 aromatic heterocycles. The fraction of sp³-hybridized carbons (Fsp3) is 0.941. The van der Waals surface area contributed by atoms with Crippen LogP contribution in [0.4, 0.5) is 0 Å². The number of nitrogens with zero attached hydrogens (tertiary/aromatic N) is 1. The number of carbonyl (C=O) groups excluding carboxylic acids is 1. The molecule has 2 N–H and O–H groups in total.